The largest absolute Gasteiger partial charge is 0.390 e. The highest BCUT2D eigenvalue weighted by Crippen LogP contribution is 2.44. The van der Waals surface area contributed by atoms with Gasteiger partial charge in [-0.15, -0.1) is 0 Å². The highest BCUT2D eigenvalue weighted by molar-refractivity contribution is 4.88. The molecule has 2 nitrogen and oxygen atoms in total. The lowest BCUT2D eigenvalue weighted by Crippen LogP contribution is -2.33. The van der Waals surface area contributed by atoms with Gasteiger partial charge < -0.3 is 9.84 Å². The Balaban J connectivity index is 2.41. The van der Waals surface area contributed by atoms with Crippen LogP contribution in [0.2, 0.25) is 0 Å². The van der Waals surface area contributed by atoms with Crippen molar-refractivity contribution in [1.82, 2.24) is 0 Å². The first kappa shape index (κ1) is 11.0. The van der Waals surface area contributed by atoms with Crippen LogP contribution in [0.4, 0.5) is 0 Å². The predicted octanol–water partition coefficient (Wildman–Crippen LogP) is 2.21. The van der Waals surface area contributed by atoms with Gasteiger partial charge in [0.2, 0.25) is 0 Å². The Labute approximate surface area is 81.3 Å². The van der Waals surface area contributed by atoms with E-state index < -0.39 is 0 Å². The van der Waals surface area contributed by atoms with Crippen LogP contribution in [0.15, 0.2) is 0 Å². The molecule has 1 fully saturated rings. The Morgan fingerprint density at radius 1 is 1.54 bits per heavy atom. The second-order valence-corrected chi connectivity index (χ2v) is 4.71. The Morgan fingerprint density at radius 3 is 2.69 bits per heavy atom. The Hall–Kier alpha value is -0.0800. The molecule has 0 bridgehead atoms. The molecule has 2 unspecified atom stereocenters. The normalized spacial score (nSPS) is 29.1. The van der Waals surface area contributed by atoms with Crippen LogP contribution in [0.5, 0.6) is 0 Å². The molecular formula is C11H22O2. The van der Waals surface area contributed by atoms with Crippen LogP contribution in [0, 0.1) is 11.3 Å². The third kappa shape index (κ3) is 2.68. The van der Waals surface area contributed by atoms with Gasteiger partial charge in [-0.3, -0.25) is 0 Å². The SMILES string of the molecule is CCOCC(O)C1CCCC1(C)C. The van der Waals surface area contributed by atoms with E-state index in [2.05, 4.69) is 13.8 Å². The van der Waals surface area contributed by atoms with Crippen molar-refractivity contribution in [2.24, 2.45) is 11.3 Å². The molecule has 1 N–H and O–H groups in total. The monoisotopic (exact) mass is 186 g/mol. The fourth-order valence-electron chi connectivity index (χ4n) is 2.42. The number of rotatable bonds is 4. The van der Waals surface area contributed by atoms with Crippen molar-refractivity contribution in [1.29, 1.82) is 0 Å². The topological polar surface area (TPSA) is 29.5 Å². The summed E-state index contributed by atoms with van der Waals surface area (Å²) in [7, 11) is 0. The van der Waals surface area contributed by atoms with E-state index >= 15 is 0 Å². The summed E-state index contributed by atoms with van der Waals surface area (Å²) in [4.78, 5) is 0. The van der Waals surface area contributed by atoms with Crippen molar-refractivity contribution in [2.75, 3.05) is 13.2 Å². The summed E-state index contributed by atoms with van der Waals surface area (Å²) < 4.78 is 5.25. The zero-order chi connectivity index (χ0) is 9.90. The van der Waals surface area contributed by atoms with Crippen molar-refractivity contribution >= 4 is 0 Å². The number of hydrogen-bond donors (Lipinski definition) is 1. The standard InChI is InChI=1S/C11H22O2/c1-4-13-8-10(12)9-6-5-7-11(9,2)3/h9-10,12H,4-8H2,1-3H3. The summed E-state index contributed by atoms with van der Waals surface area (Å²) in [5.41, 5.74) is 0.302. The van der Waals surface area contributed by atoms with E-state index in [4.69, 9.17) is 4.74 Å². The molecule has 0 spiro atoms. The average Bonchev–Trinajstić information content (AvgIpc) is 2.41. The Kier molecular flexibility index (Phi) is 3.74. The van der Waals surface area contributed by atoms with Gasteiger partial charge in [0.15, 0.2) is 0 Å². The maximum atomic E-state index is 9.89. The fourth-order valence-corrected chi connectivity index (χ4v) is 2.42. The third-order valence-electron chi connectivity index (χ3n) is 3.30. The van der Waals surface area contributed by atoms with Crippen LogP contribution >= 0.6 is 0 Å². The van der Waals surface area contributed by atoms with E-state index in [-0.39, 0.29) is 6.10 Å². The van der Waals surface area contributed by atoms with E-state index in [1.165, 1.54) is 12.8 Å². The molecule has 0 radical (unpaired) electrons. The fraction of sp³-hybridized carbons (Fsp3) is 1.00. The van der Waals surface area contributed by atoms with E-state index in [0.29, 0.717) is 24.5 Å². The van der Waals surface area contributed by atoms with Crippen LogP contribution in [0.25, 0.3) is 0 Å². The van der Waals surface area contributed by atoms with Crippen LogP contribution in [0.3, 0.4) is 0 Å². The molecule has 0 heterocycles. The summed E-state index contributed by atoms with van der Waals surface area (Å²) in [6.07, 6.45) is 3.38. The quantitative estimate of drug-likeness (QED) is 0.729. The summed E-state index contributed by atoms with van der Waals surface area (Å²) in [5, 5.41) is 9.89. The van der Waals surface area contributed by atoms with Gasteiger partial charge >= 0.3 is 0 Å². The molecule has 2 atom stereocenters. The summed E-state index contributed by atoms with van der Waals surface area (Å²) in [6.45, 7) is 7.67. The molecule has 1 aliphatic rings. The molecule has 13 heavy (non-hydrogen) atoms. The van der Waals surface area contributed by atoms with Gasteiger partial charge in [-0.1, -0.05) is 20.3 Å². The summed E-state index contributed by atoms with van der Waals surface area (Å²) in [5.74, 6) is 0.430. The van der Waals surface area contributed by atoms with Gasteiger partial charge in [-0.05, 0) is 31.1 Å². The van der Waals surface area contributed by atoms with E-state index in [0.717, 1.165) is 6.42 Å². The zero-order valence-electron chi connectivity index (χ0n) is 9.05. The molecule has 1 saturated carbocycles. The van der Waals surface area contributed by atoms with E-state index in [1.54, 1.807) is 0 Å². The first-order valence-electron chi connectivity index (χ1n) is 5.33. The molecule has 0 saturated heterocycles. The van der Waals surface area contributed by atoms with Crippen LogP contribution in [0.1, 0.15) is 40.0 Å². The molecule has 78 valence electrons. The molecule has 1 rings (SSSR count). The van der Waals surface area contributed by atoms with Gasteiger partial charge in [-0.2, -0.15) is 0 Å². The smallest absolute Gasteiger partial charge is 0.0806 e. The van der Waals surface area contributed by atoms with E-state index in [1.807, 2.05) is 6.92 Å². The second kappa shape index (κ2) is 4.43. The third-order valence-corrected chi connectivity index (χ3v) is 3.30. The Morgan fingerprint density at radius 2 is 2.23 bits per heavy atom. The van der Waals surface area contributed by atoms with Crippen LogP contribution in [-0.2, 0) is 4.74 Å². The number of ether oxygens (including phenoxy) is 1. The predicted molar refractivity (Wildman–Crippen MR) is 53.6 cm³/mol. The highest BCUT2D eigenvalue weighted by atomic mass is 16.5. The van der Waals surface area contributed by atoms with Crippen molar-refractivity contribution in [3.05, 3.63) is 0 Å². The number of hydrogen-bond acceptors (Lipinski definition) is 2. The lowest BCUT2D eigenvalue weighted by atomic mass is 9.79. The molecular weight excluding hydrogens is 164 g/mol. The van der Waals surface area contributed by atoms with Crippen molar-refractivity contribution in [2.45, 2.75) is 46.1 Å². The minimum Gasteiger partial charge on any atom is -0.390 e. The lowest BCUT2D eigenvalue weighted by molar-refractivity contribution is -0.0172. The lowest BCUT2D eigenvalue weighted by Gasteiger charge is -2.30. The summed E-state index contributed by atoms with van der Waals surface area (Å²) in [6, 6.07) is 0. The number of aliphatic hydroxyl groups excluding tert-OH is 1. The number of aliphatic hydroxyl groups is 1. The maximum absolute atomic E-state index is 9.89. The van der Waals surface area contributed by atoms with Gasteiger partial charge in [0.05, 0.1) is 12.7 Å². The first-order valence-corrected chi connectivity index (χ1v) is 5.33. The molecule has 0 aromatic carbocycles. The van der Waals surface area contributed by atoms with Gasteiger partial charge in [0, 0.05) is 6.61 Å². The minimum atomic E-state index is -0.266. The van der Waals surface area contributed by atoms with Crippen molar-refractivity contribution in [3.63, 3.8) is 0 Å². The van der Waals surface area contributed by atoms with Crippen LogP contribution in [-0.4, -0.2) is 24.4 Å². The van der Waals surface area contributed by atoms with Crippen molar-refractivity contribution < 1.29 is 9.84 Å². The molecule has 0 aromatic rings. The van der Waals surface area contributed by atoms with E-state index in [9.17, 15) is 5.11 Å². The average molecular weight is 186 g/mol. The van der Waals surface area contributed by atoms with Crippen LogP contribution < -0.4 is 0 Å². The van der Waals surface area contributed by atoms with Gasteiger partial charge in [0.1, 0.15) is 0 Å². The summed E-state index contributed by atoms with van der Waals surface area (Å²) >= 11 is 0. The maximum Gasteiger partial charge on any atom is 0.0806 e. The first-order chi connectivity index (χ1) is 6.08. The van der Waals surface area contributed by atoms with Gasteiger partial charge in [-0.25, -0.2) is 0 Å². The molecule has 0 aromatic heterocycles. The molecule has 2 heteroatoms. The molecule has 0 aliphatic heterocycles. The zero-order valence-corrected chi connectivity index (χ0v) is 9.05. The van der Waals surface area contributed by atoms with Crippen molar-refractivity contribution in [3.8, 4) is 0 Å². The minimum absolute atomic E-state index is 0.266. The molecule has 0 amide bonds. The Bertz CT molecular complexity index is 154. The molecule has 1 aliphatic carbocycles. The highest BCUT2D eigenvalue weighted by Gasteiger charge is 2.38. The second-order valence-electron chi connectivity index (χ2n) is 4.71. The van der Waals surface area contributed by atoms with Gasteiger partial charge in [0.25, 0.3) is 0 Å².